The van der Waals surface area contributed by atoms with Gasteiger partial charge in [-0.1, -0.05) is 12.1 Å². The molecule has 27 heavy (non-hydrogen) atoms. The minimum absolute atomic E-state index is 0.00287. The smallest absolute Gasteiger partial charge is 0.335 e. The van der Waals surface area contributed by atoms with Crippen LogP contribution in [0.2, 0.25) is 0 Å². The average molecular weight is 370 g/mol. The minimum Gasteiger partial charge on any atom is -0.478 e. The number of anilines is 1. The van der Waals surface area contributed by atoms with Gasteiger partial charge < -0.3 is 15.3 Å². The Morgan fingerprint density at radius 1 is 1.19 bits per heavy atom. The van der Waals surface area contributed by atoms with E-state index < -0.39 is 23.7 Å². The van der Waals surface area contributed by atoms with Crippen LogP contribution in [0.5, 0.6) is 0 Å². The first-order chi connectivity index (χ1) is 12.9. The summed E-state index contributed by atoms with van der Waals surface area (Å²) in [4.78, 5) is 37.8. The fourth-order valence-electron chi connectivity index (χ4n) is 3.20. The second kappa shape index (κ2) is 7.57. The SMILES string of the molecule is Cc1cc(C(=O)O)cc(C(=O)NC2CCCN(c3ccccc3F)C2=O)c1. The number of piperidine rings is 1. The van der Waals surface area contributed by atoms with Crippen LogP contribution in [0.4, 0.5) is 10.1 Å². The lowest BCUT2D eigenvalue weighted by Crippen LogP contribution is -2.52. The van der Waals surface area contributed by atoms with Crippen LogP contribution in [-0.4, -0.2) is 35.5 Å². The number of benzene rings is 2. The Bertz CT molecular complexity index is 913. The van der Waals surface area contributed by atoms with Gasteiger partial charge in [0, 0.05) is 12.1 Å². The molecule has 1 unspecified atom stereocenters. The number of hydrogen-bond acceptors (Lipinski definition) is 3. The molecule has 1 saturated heterocycles. The highest BCUT2D eigenvalue weighted by Gasteiger charge is 2.32. The van der Waals surface area contributed by atoms with Crippen molar-refractivity contribution in [3.05, 3.63) is 65.0 Å². The van der Waals surface area contributed by atoms with Gasteiger partial charge in [-0.05, 0) is 55.7 Å². The molecule has 2 aromatic rings. The highest BCUT2D eigenvalue weighted by Crippen LogP contribution is 2.24. The Labute approximate surface area is 155 Å². The largest absolute Gasteiger partial charge is 0.478 e. The molecule has 0 aromatic heterocycles. The lowest BCUT2D eigenvalue weighted by atomic mass is 10.0. The Hall–Kier alpha value is -3.22. The predicted octanol–water partition coefficient (Wildman–Crippen LogP) is 2.76. The van der Waals surface area contributed by atoms with Crippen molar-refractivity contribution in [2.75, 3.05) is 11.4 Å². The zero-order chi connectivity index (χ0) is 19.6. The van der Waals surface area contributed by atoms with Gasteiger partial charge in [0.2, 0.25) is 5.91 Å². The van der Waals surface area contributed by atoms with Crippen molar-refractivity contribution in [2.45, 2.75) is 25.8 Å². The number of halogens is 1. The molecular weight excluding hydrogens is 351 g/mol. The first-order valence-corrected chi connectivity index (χ1v) is 8.58. The van der Waals surface area contributed by atoms with E-state index in [1.54, 1.807) is 25.1 Å². The van der Waals surface area contributed by atoms with Crippen molar-refractivity contribution in [1.82, 2.24) is 5.32 Å². The number of hydrogen-bond donors (Lipinski definition) is 2. The zero-order valence-corrected chi connectivity index (χ0v) is 14.7. The van der Waals surface area contributed by atoms with Crippen molar-refractivity contribution >= 4 is 23.5 Å². The maximum Gasteiger partial charge on any atom is 0.335 e. The molecule has 0 spiro atoms. The summed E-state index contributed by atoms with van der Waals surface area (Å²) in [5.74, 6) is -2.55. The fraction of sp³-hybridized carbons (Fsp3) is 0.250. The summed E-state index contributed by atoms with van der Waals surface area (Å²) < 4.78 is 14.0. The number of carboxylic acids is 1. The quantitative estimate of drug-likeness (QED) is 0.866. The van der Waals surface area contributed by atoms with E-state index in [0.717, 1.165) is 0 Å². The normalized spacial score (nSPS) is 16.9. The number of aryl methyl sites for hydroxylation is 1. The average Bonchev–Trinajstić information content (AvgIpc) is 2.63. The Morgan fingerprint density at radius 2 is 1.89 bits per heavy atom. The first-order valence-electron chi connectivity index (χ1n) is 8.58. The third-order valence-electron chi connectivity index (χ3n) is 4.47. The van der Waals surface area contributed by atoms with E-state index in [9.17, 15) is 18.8 Å². The number of nitrogens with one attached hydrogen (secondary N) is 1. The number of carboxylic acid groups (broad SMARTS) is 1. The summed E-state index contributed by atoms with van der Waals surface area (Å²) >= 11 is 0. The molecule has 2 aromatic carbocycles. The number of rotatable bonds is 4. The van der Waals surface area contributed by atoms with Crippen LogP contribution < -0.4 is 10.2 Å². The Morgan fingerprint density at radius 3 is 2.59 bits per heavy atom. The zero-order valence-electron chi connectivity index (χ0n) is 14.7. The highest BCUT2D eigenvalue weighted by molar-refractivity contribution is 6.03. The molecule has 3 rings (SSSR count). The van der Waals surface area contributed by atoms with Crippen LogP contribution in [0.15, 0.2) is 42.5 Å². The van der Waals surface area contributed by atoms with E-state index >= 15 is 0 Å². The molecule has 0 saturated carbocycles. The number of para-hydroxylation sites is 1. The predicted molar refractivity (Wildman–Crippen MR) is 97.4 cm³/mol. The molecule has 1 atom stereocenters. The van der Waals surface area contributed by atoms with Gasteiger partial charge in [-0.3, -0.25) is 9.59 Å². The molecular formula is C20H19FN2O4. The van der Waals surface area contributed by atoms with E-state index in [2.05, 4.69) is 5.32 Å². The van der Waals surface area contributed by atoms with Gasteiger partial charge in [0.1, 0.15) is 11.9 Å². The van der Waals surface area contributed by atoms with Crippen molar-refractivity contribution in [3.8, 4) is 0 Å². The second-order valence-electron chi connectivity index (χ2n) is 6.50. The lowest BCUT2D eigenvalue weighted by molar-refractivity contribution is -0.121. The molecule has 6 nitrogen and oxygen atoms in total. The van der Waals surface area contributed by atoms with Crippen LogP contribution in [0.25, 0.3) is 0 Å². The van der Waals surface area contributed by atoms with Gasteiger partial charge in [-0.25, -0.2) is 9.18 Å². The molecule has 1 aliphatic heterocycles. The van der Waals surface area contributed by atoms with E-state index in [1.165, 1.54) is 29.2 Å². The Kier molecular flexibility index (Phi) is 5.21. The van der Waals surface area contributed by atoms with Crippen molar-refractivity contribution in [3.63, 3.8) is 0 Å². The van der Waals surface area contributed by atoms with Gasteiger partial charge in [0.05, 0.1) is 11.3 Å². The summed E-state index contributed by atoms with van der Waals surface area (Å²) in [7, 11) is 0. The van der Waals surface area contributed by atoms with Gasteiger partial charge in [-0.2, -0.15) is 0 Å². The molecule has 2 N–H and O–H groups in total. The minimum atomic E-state index is -1.13. The van der Waals surface area contributed by atoms with Crippen LogP contribution in [-0.2, 0) is 4.79 Å². The van der Waals surface area contributed by atoms with Gasteiger partial charge in [0.15, 0.2) is 0 Å². The number of nitrogens with zero attached hydrogens (tertiary/aromatic N) is 1. The van der Waals surface area contributed by atoms with Crippen LogP contribution in [0.1, 0.15) is 39.1 Å². The molecule has 0 aliphatic carbocycles. The standard InChI is InChI=1S/C20H19FN2O4/c1-12-9-13(11-14(10-12)20(26)27)18(24)22-16-6-4-8-23(19(16)25)17-7-3-2-5-15(17)21/h2-3,5,7,9-11,16H,4,6,8H2,1H3,(H,22,24)(H,26,27). The van der Waals surface area contributed by atoms with E-state index in [-0.39, 0.29) is 22.7 Å². The lowest BCUT2D eigenvalue weighted by Gasteiger charge is -2.32. The molecule has 140 valence electrons. The number of carbonyl (C=O) groups excluding carboxylic acids is 2. The molecule has 0 radical (unpaired) electrons. The highest BCUT2D eigenvalue weighted by atomic mass is 19.1. The molecule has 1 heterocycles. The van der Waals surface area contributed by atoms with Gasteiger partial charge in [-0.15, -0.1) is 0 Å². The van der Waals surface area contributed by atoms with Gasteiger partial charge >= 0.3 is 5.97 Å². The molecule has 1 aliphatic rings. The monoisotopic (exact) mass is 370 g/mol. The third-order valence-corrected chi connectivity index (χ3v) is 4.47. The fourth-order valence-corrected chi connectivity index (χ4v) is 3.20. The summed E-state index contributed by atoms with van der Waals surface area (Å²) in [6.07, 6.45) is 1.05. The maximum atomic E-state index is 14.0. The summed E-state index contributed by atoms with van der Waals surface area (Å²) in [5, 5.41) is 11.8. The maximum absolute atomic E-state index is 14.0. The molecule has 0 bridgehead atoms. The second-order valence-corrected chi connectivity index (χ2v) is 6.50. The Balaban J connectivity index is 1.79. The number of aromatic carboxylic acids is 1. The van der Waals surface area contributed by atoms with Crippen LogP contribution >= 0.6 is 0 Å². The third kappa shape index (κ3) is 3.97. The van der Waals surface area contributed by atoms with E-state index in [4.69, 9.17) is 5.11 Å². The first kappa shape index (κ1) is 18.6. The molecule has 2 amide bonds. The number of carbonyl (C=O) groups is 3. The van der Waals surface area contributed by atoms with Crippen LogP contribution in [0, 0.1) is 12.7 Å². The van der Waals surface area contributed by atoms with Crippen molar-refractivity contribution in [1.29, 1.82) is 0 Å². The molecule has 7 heteroatoms. The van der Waals surface area contributed by atoms with Crippen molar-refractivity contribution < 1.29 is 23.9 Å². The number of amides is 2. The van der Waals surface area contributed by atoms with Gasteiger partial charge in [0.25, 0.3) is 5.91 Å². The summed E-state index contributed by atoms with van der Waals surface area (Å²) in [5.41, 5.74) is 0.986. The van der Waals surface area contributed by atoms with E-state index in [0.29, 0.717) is 24.9 Å². The molecule has 1 fully saturated rings. The summed E-state index contributed by atoms with van der Waals surface area (Å²) in [6, 6.07) is 9.50. The summed E-state index contributed by atoms with van der Waals surface area (Å²) in [6.45, 7) is 2.06. The topological polar surface area (TPSA) is 86.7 Å². The van der Waals surface area contributed by atoms with E-state index in [1.807, 2.05) is 0 Å². The van der Waals surface area contributed by atoms with Crippen molar-refractivity contribution in [2.24, 2.45) is 0 Å². The van der Waals surface area contributed by atoms with Crippen LogP contribution in [0.3, 0.4) is 0 Å².